The Hall–Kier alpha value is -1.63. The number of benzene rings is 1. The van der Waals surface area contributed by atoms with E-state index in [1.807, 2.05) is 0 Å². The van der Waals surface area contributed by atoms with Crippen molar-refractivity contribution < 1.29 is 18.3 Å². The molecule has 7 heteroatoms. The van der Waals surface area contributed by atoms with Gasteiger partial charge in [0.15, 0.2) is 5.17 Å². The van der Waals surface area contributed by atoms with Crippen LogP contribution in [0.3, 0.4) is 0 Å². The van der Waals surface area contributed by atoms with Crippen molar-refractivity contribution in [3.63, 3.8) is 0 Å². The molecule has 1 amide bonds. The van der Waals surface area contributed by atoms with Crippen LogP contribution in [0.5, 0.6) is 5.75 Å². The van der Waals surface area contributed by atoms with Gasteiger partial charge in [0.25, 0.3) is 5.91 Å². The zero-order chi connectivity index (χ0) is 13.0. The van der Waals surface area contributed by atoms with Crippen molar-refractivity contribution in [1.29, 1.82) is 0 Å². The number of thioether (sulfide) groups is 1. The molecule has 0 saturated heterocycles. The highest BCUT2D eigenvalue weighted by Gasteiger charge is 2.13. The molecule has 0 fully saturated rings. The molecule has 1 aromatic carbocycles. The first-order valence-electron chi connectivity index (χ1n) is 5.18. The first-order valence-corrected chi connectivity index (χ1v) is 6.17. The summed E-state index contributed by atoms with van der Waals surface area (Å²) in [7, 11) is 0. The third-order valence-electron chi connectivity index (χ3n) is 2.13. The van der Waals surface area contributed by atoms with Gasteiger partial charge in [0.1, 0.15) is 5.75 Å². The summed E-state index contributed by atoms with van der Waals surface area (Å²) in [6.45, 7) is -2.23. The van der Waals surface area contributed by atoms with Crippen molar-refractivity contribution in [2.75, 3.05) is 12.3 Å². The summed E-state index contributed by atoms with van der Waals surface area (Å²) in [5.74, 6) is 0.408. The Morgan fingerprint density at radius 3 is 3.00 bits per heavy atom. The highest BCUT2D eigenvalue weighted by Crippen LogP contribution is 2.16. The Bertz CT molecular complexity index is 480. The number of amides is 1. The Balaban J connectivity index is 2.05. The quantitative estimate of drug-likeness (QED) is 0.917. The number of ether oxygens (including phenoxy) is 1. The first-order chi connectivity index (χ1) is 8.65. The van der Waals surface area contributed by atoms with E-state index in [1.54, 1.807) is 0 Å². The van der Waals surface area contributed by atoms with Gasteiger partial charge < -0.3 is 10.1 Å². The lowest BCUT2D eigenvalue weighted by Gasteiger charge is -2.07. The number of aliphatic imine (C=N–C) groups is 1. The second-order valence-corrected chi connectivity index (χ2v) is 4.48. The summed E-state index contributed by atoms with van der Waals surface area (Å²) >= 11 is 1.45. The van der Waals surface area contributed by atoms with Crippen LogP contribution in [0.15, 0.2) is 29.3 Å². The summed E-state index contributed by atoms with van der Waals surface area (Å²) < 4.78 is 28.3. The minimum Gasteiger partial charge on any atom is -0.435 e. The van der Waals surface area contributed by atoms with Gasteiger partial charge in [-0.2, -0.15) is 8.78 Å². The molecule has 0 radical (unpaired) electrons. The molecule has 4 nitrogen and oxygen atoms in total. The van der Waals surface area contributed by atoms with Crippen molar-refractivity contribution in [2.24, 2.45) is 4.99 Å². The minimum atomic E-state index is -2.90. The molecular formula is C11H10F2N2O2S. The molecule has 18 heavy (non-hydrogen) atoms. The van der Waals surface area contributed by atoms with E-state index < -0.39 is 6.61 Å². The van der Waals surface area contributed by atoms with Gasteiger partial charge in [0.05, 0.1) is 6.54 Å². The van der Waals surface area contributed by atoms with Crippen LogP contribution < -0.4 is 10.1 Å². The maximum Gasteiger partial charge on any atom is 0.387 e. The minimum absolute atomic E-state index is 0.0429. The zero-order valence-electron chi connectivity index (χ0n) is 9.23. The van der Waals surface area contributed by atoms with Crippen molar-refractivity contribution in [3.05, 3.63) is 29.8 Å². The van der Waals surface area contributed by atoms with Gasteiger partial charge in [-0.15, -0.1) is 0 Å². The predicted molar refractivity (Wildman–Crippen MR) is 65.3 cm³/mol. The zero-order valence-corrected chi connectivity index (χ0v) is 10.0. The number of rotatable bonds is 3. The Morgan fingerprint density at radius 1 is 1.50 bits per heavy atom. The average Bonchev–Trinajstić information content (AvgIpc) is 2.81. The van der Waals surface area contributed by atoms with Crippen molar-refractivity contribution in [3.8, 4) is 5.75 Å². The molecule has 1 aliphatic rings. The molecule has 0 spiro atoms. The van der Waals surface area contributed by atoms with Gasteiger partial charge in [-0.25, -0.2) is 0 Å². The van der Waals surface area contributed by atoms with Gasteiger partial charge in [0.2, 0.25) is 0 Å². The number of carbonyl (C=O) groups is 1. The lowest BCUT2D eigenvalue weighted by molar-refractivity contribution is -0.0498. The van der Waals surface area contributed by atoms with Crippen LogP contribution >= 0.6 is 11.8 Å². The Labute approximate surface area is 106 Å². The van der Waals surface area contributed by atoms with E-state index in [2.05, 4.69) is 15.0 Å². The monoisotopic (exact) mass is 272 g/mol. The Kier molecular flexibility index (Phi) is 4.14. The van der Waals surface area contributed by atoms with Crippen LogP contribution in [0.25, 0.3) is 0 Å². The van der Waals surface area contributed by atoms with E-state index in [1.165, 1.54) is 36.0 Å². The number of hydrogen-bond donors (Lipinski definition) is 1. The molecule has 0 saturated carbocycles. The molecule has 2 rings (SSSR count). The smallest absolute Gasteiger partial charge is 0.387 e. The fraction of sp³-hybridized carbons (Fsp3) is 0.273. The maximum atomic E-state index is 12.0. The summed E-state index contributed by atoms with van der Waals surface area (Å²) in [5, 5.41) is 3.16. The second-order valence-electron chi connectivity index (χ2n) is 3.40. The SMILES string of the molecule is O=C(NC1=NCCS1)c1cccc(OC(F)F)c1. The van der Waals surface area contributed by atoms with E-state index in [0.717, 1.165) is 5.75 Å². The molecular weight excluding hydrogens is 262 g/mol. The van der Waals surface area contributed by atoms with Crippen LogP contribution in [0.1, 0.15) is 10.4 Å². The van der Waals surface area contributed by atoms with Crippen molar-refractivity contribution in [2.45, 2.75) is 6.61 Å². The molecule has 0 aromatic heterocycles. The molecule has 0 atom stereocenters. The fourth-order valence-electron chi connectivity index (χ4n) is 1.39. The summed E-state index contributed by atoms with van der Waals surface area (Å²) in [6.07, 6.45) is 0. The van der Waals surface area contributed by atoms with Gasteiger partial charge in [-0.05, 0) is 18.2 Å². The molecule has 1 N–H and O–H groups in total. The van der Waals surface area contributed by atoms with Crippen molar-refractivity contribution in [1.82, 2.24) is 5.32 Å². The van der Waals surface area contributed by atoms with E-state index in [4.69, 9.17) is 0 Å². The van der Waals surface area contributed by atoms with E-state index in [-0.39, 0.29) is 17.2 Å². The number of alkyl halides is 2. The molecule has 1 aliphatic heterocycles. The van der Waals surface area contributed by atoms with E-state index in [9.17, 15) is 13.6 Å². The molecule has 1 heterocycles. The standard InChI is InChI=1S/C11H10F2N2O2S/c12-10(13)17-8-3-1-2-7(6-8)9(16)15-11-14-4-5-18-11/h1-3,6,10H,4-5H2,(H,14,15,16). The summed E-state index contributed by atoms with van der Waals surface area (Å²) in [4.78, 5) is 15.9. The number of hydrogen-bond acceptors (Lipinski definition) is 4. The normalized spacial score (nSPS) is 14.5. The van der Waals surface area contributed by atoms with Gasteiger partial charge in [0, 0.05) is 11.3 Å². The third-order valence-corrected chi connectivity index (χ3v) is 3.02. The number of amidine groups is 1. The predicted octanol–water partition coefficient (Wildman–Crippen LogP) is 2.12. The summed E-state index contributed by atoms with van der Waals surface area (Å²) in [5.41, 5.74) is 0.253. The first kappa shape index (κ1) is 12.8. The number of halogens is 2. The number of nitrogens with zero attached hydrogens (tertiary/aromatic N) is 1. The summed E-state index contributed by atoms with van der Waals surface area (Å²) in [6, 6.07) is 5.64. The van der Waals surface area contributed by atoms with Crippen LogP contribution in [0, 0.1) is 0 Å². The lowest BCUT2D eigenvalue weighted by atomic mass is 10.2. The third kappa shape index (κ3) is 3.43. The Morgan fingerprint density at radius 2 is 2.33 bits per heavy atom. The molecule has 0 aliphatic carbocycles. The average molecular weight is 272 g/mol. The van der Waals surface area contributed by atoms with Gasteiger partial charge in [-0.3, -0.25) is 9.79 Å². The fourth-order valence-corrected chi connectivity index (χ4v) is 2.12. The van der Waals surface area contributed by atoms with Crippen LogP contribution in [0.4, 0.5) is 8.78 Å². The number of carbonyl (C=O) groups excluding carboxylic acids is 1. The van der Waals surface area contributed by atoms with E-state index in [0.29, 0.717) is 11.7 Å². The molecule has 96 valence electrons. The van der Waals surface area contributed by atoms with Crippen LogP contribution in [0.2, 0.25) is 0 Å². The van der Waals surface area contributed by atoms with Gasteiger partial charge in [-0.1, -0.05) is 17.8 Å². The molecule has 0 bridgehead atoms. The van der Waals surface area contributed by atoms with Gasteiger partial charge >= 0.3 is 6.61 Å². The van der Waals surface area contributed by atoms with Crippen LogP contribution in [-0.2, 0) is 0 Å². The maximum absolute atomic E-state index is 12.0. The van der Waals surface area contributed by atoms with E-state index >= 15 is 0 Å². The van der Waals surface area contributed by atoms with Crippen molar-refractivity contribution >= 4 is 22.8 Å². The molecule has 1 aromatic rings. The molecule has 0 unspecified atom stereocenters. The highest BCUT2D eigenvalue weighted by molar-refractivity contribution is 8.14. The lowest BCUT2D eigenvalue weighted by Crippen LogP contribution is -2.27. The highest BCUT2D eigenvalue weighted by atomic mass is 32.2. The van der Waals surface area contributed by atoms with Crippen LogP contribution in [-0.4, -0.2) is 30.0 Å². The number of nitrogens with one attached hydrogen (secondary N) is 1. The topological polar surface area (TPSA) is 50.7 Å². The second kappa shape index (κ2) is 5.81. The largest absolute Gasteiger partial charge is 0.435 e.